The lowest BCUT2D eigenvalue weighted by molar-refractivity contribution is -0.669. The Morgan fingerprint density at radius 2 is 1.24 bits per heavy atom. The molecule has 0 unspecified atom stereocenters. The molecule has 2 heterocycles. The van der Waals surface area contributed by atoms with Crippen molar-refractivity contribution < 1.29 is 4.57 Å². The van der Waals surface area contributed by atoms with Gasteiger partial charge in [0.2, 0.25) is 0 Å². The van der Waals surface area contributed by atoms with Crippen molar-refractivity contribution in [2.45, 2.75) is 0 Å². The minimum Gasteiger partial charge on any atom is -0.263 e. The normalized spacial score (nSPS) is 11.8. The molecule has 0 spiro atoms. The summed E-state index contributed by atoms with van der Waals surface area (Å²) in [6, 6.07) is 8.64. The fourth-order valence-electron chi connectivity index (χ4n) is 2.71. The summed E-state index contributed by atoms with van der Waals surface area (Å²) in [6.07, 6.45) is 8.21. The van der Waals surface area contributed by atoms with Gasteiger partial charge in [-0.25, -0.2) is 4.57 Å². The number of pyridine rings is 2. The molecule has 0 saturated carbocycles. The summed E-state index contributed by atoms with van der Waals surface area (Å²) >= 11 is 0. The molecule has 4 aromatic rings. The Labute approximate surface area is 98.5 Å². The molecular formula is C15H11N2+. The molecule has 0 saturated heterocycles. The van der Waals surface area contributed by atoms with E-state index in [-0.39, 0.29) is 0 Å². The molecule has 0 aliphatic carbocycles. The molecule has 0 amide bonds. The zero-order valence-corrected chi connectivity index (χ0v) is 9.51. The fraction of sp³-hybridized carbons (Fsp3) is 0.0667. The van der Waals surface area contributed by atoms with Gasteiger partial charge >= 0.3 is 0 Å². The van der Waals surface area contributed by atoms with Crippen molar-refractivity contribution in [1.82, 2.24) is 4.98 Å². The Bertz CT molecular complexity index is 785. The van der Waals surface area contributed by atoms with Gasteiger partial charge in [-0.2, -0.15) is 0 Å². The van der Waals surface area contributed by atoms with Crippen LogP contribution in [0.3, 0.4) is 0 Å². The first-order valence-electron chi connectivity index (χ1n) is 5.71. The van der Waals surface area contributed by atoms with Crippen LogP contribution in [0.1, 0.15) is 0 Å². The maximum atomic E-state index is 4.28. The molecule has 2 aromatic carbocycles. The maximum absolute atomic E-state index is 4.28. The highest BCUT2D eigenvalue weighted by atomic mass is 14.9. The van der Waals surface area contributed by atoms with Crippen molar-refractivity contribution >= 4 is 32.3 Å². The van der Waals surface area contributed by atoms with E-state index in [2.05, 4.69) is 53.3 Å². The molecular weight excluding hydrogens is 208 g/mol. The van der Waals surface area contributed by atoms with Crippen molar-refractivity contribution in [2.75, 3.05) is 0 Å². The minimum absolute atomic E-state index is 1.22. The largest absolute Gasteiger partial charge is 0.263 e. The number of benzene rings is 2. The smallest absolute Gasteiger partial charge is 0.176 e. The summed E-state index contributed by atoms with van der Waals surface area (Å²) in [6.45, 7) is 0. The molecule has 2 heteroatoms. The van der Waals surface area contributed by atoms with Gasteiger partial charge in [0.25, 0.3) is 0 Å². The summed E-state index contributed by atoms with van der Waals surface area (Å²) in [7, 11) is 2.07. The molecule has 0 bridgehead atoms. The van der Waals surface area contributed by atoms with Gasteiger partial charge in [-0.05, 0) is 12.1 Å². The van der Waals surface area contributed by atoms with Crippen LogP contribution in [-0.4, -0.2) is 4.98 Å². The van der Waals surface area contributed by atoms with Gasteiger partial charge < -0.3 is 0 Å². The average molecular weight is 219 g/mol. The third-order valence-electron chi connectivity index (χ3n) is 3.40. The number of aryl methyl sites for hydroxylation is 1. The number of hydrogen-bond donors (Lipinski definition) is 0. The summed E-state index contributed by atoms with van der Waals surface area (Å²) < 4.78 is 2.11. The van der Waals surface area contributed by atoms with Crippen LogP contribution in [0.25, 0.3) is 32.3 Å². The molecule has 0 radical (unpaired) electrons. The molecule has 0 fully saturated rings. The summed E-state index contributed by atoms with van der Waals surface area (Å²) in [5.74, 6) is 0. The quantitative estimate of drug-likeness (QED) is 0.328. The highest BCUT2D eigenvalue weighted by Gasteiger charge is 2.10. The molecule has 17 heavy (non-hydrogen) atoms. The van der Waals surface area contributed by atoms with Crippen LogP contribution >= 0.6 is 0 Å². The third kappa shape index (κ3) is 1.10. The zero-order valence-electron chi connectivity index (χ0n) is 9.51. The number of rotatable bonds is 0. The fourth-order valence-corrected chi connectivity index (χ4v) is 2.71. The standard InChI is InChI=1S/C15H11N2/c1-17-8-12-4-2-10-6-16-7-11-3-5-13(9-17)15(12)14(10)11/h2-9H,1H3/q+1. The van der Waals surface area contributed by atoms with Crippen LogP contribution in [0.15, 0.2) is 49.1 Å². The van der Waals surface area contributed by atoms with E-state index in [0.717, 1.165) is 0 Å². The molecule has 0 aliphatic heterocycles. The predicted molar refractivity (Wildman–Crippen MR) is 69.1 cm³/mol. The molecule has 0 N–H and O–H groups in total. The van der Waals surface area contributed by atoms with E-state index in [1.807, 2.05) is 12.4 Å². The van der Waals surface area contributed by atoms with Crippen LogP contribution in [0.4, 0.5) is 0 Å². The molecule has 2 nitrogen and oxygen atoms in total. The van der Waals surface area contributed by atoms with Crippen LogP contribution in [0.5, 0.6) is 0 Å². The Hall–Kier alpha value is -2.22. The van der Waals surface area contributed by atoms with Crippen molar-refractivity contribution in [3.63, 3.8) is 0 Å². The monoisotopic (exact) mass is 219 g/mol. The summed E-state index contributed by atoms with van der Waals surface area (Å²) in [5, 5.41) is 7.68. The molecule has 0 atom stereocenters. The first-order chi connectivity index (χ1) is 8.33. The van der Waals surface area contributed by atoms with Gasteiger partial charge in [0.05, 0.1) is 0 Å². The SMILES string of the molecule is C[n+]1cc2ccc3cncc4ccc(c1)c2c34. The van der Waals surface area contributed by atoms with Crippen LogP contribution in [0.2, 0.25) is 0 Å². The highest BCUT2D eigenvalue weighted by Crippen LogP contribution is 2.32. The lowest BCUT2D eigenvalue weighted by Gasteiger charge is -2.08. The lowest BCUT2D eigenvalue weighted by Crippen LogP contribution is -2.26. The summed E-state index contributed by atoms with van der Waals surface area (Å²) in [4.78, 5) is 4.28. The second-order valence-electron chi connectivity index (χ2n) is 4.57. The van der Waals surface area contributed by atoms with E-state index >= 15 is 0 Å². The van der Waals surface area contributed by atoms with Crippen molar-refractivity contribution in [1.29, 1.82) is 0 Å². The van der Waals surface area contributed by atoms with Crippen LogP contribution < -0.4 is 4.57 Å². The maximum Gasteiger partial charge on any atom is 0.176 e. The highest BCUT2D eigenvalue weighted by molar-refractivity contribution is 6.21. The van der Waals surface area contributed by atoms with Gasteiger partial charge in [-0.15, -0.1) is 0 Å². The Kier molecular flexibility index (Phi) is 1.52. The Balaban J connectivity index is 2.45. The van der Waals surface area contributed by atoms with Gasteiger partial charge in [0.1, 0.15) is 7.05 Å². The first-order valence-corrected chi connectivity index (χ1v) is 5.71. The third-order valence-corrected chi connectivity index (χ3v) is 3.40. The van der Waals surface area contributed by atoms with Gasteiger partial charge in [0, 0.05) is 44.7 Å². The zero-order chi connectivity index (χ0) is 11.4. The van der Waals surface area contributed by atoms with Crippen molar-refractivity contribution in [2.24, 2.45) is 7.05 Å². The van der Waals surface area contributed by atoms with Gasteiger partial charge in [0.15, 0.2) is 12.4 Å². The predicted octanol–water partition coefficient (Wildman–Crippen LogP) is 2.80. The van der Waals surface area contributed by atoms with Crippen LogP contribution in [-0.2, 0) is 7.05 Å². The van der Waals surface area contributed by atoms with Crippen LogP contribution in [0, 0.1) is 0 Å². The second kappa shape index (κ2) is 2.92. The minimum atomic E-state index is 1.22. The lowest BCUT2D eigenvalue weighted by atomic mass is 9.98. The number of aromatic nitrogens is 2. The second-order valence-corrected chi connectivity index (χ2v) is 4.57. The molecule has 80 valence electrons. The molecule has 0 aliphatic rings. The van der Waals surface area contributed by atoms with E-state index in [1.54, 1.807) is 0 Å². The van der Waals surface area contributed by atoms with Crippen molar-refractivity contribution in [3.05, 3.63) is 49.1 Å². The number of nitrogens with zero attached hydrogens (tertiary/aromatic N) is 2. The van der Waals surface area contributed by atoms with E-state index in [9.17, 15) is 0 Å². The Morgan fingerprint density at radius 3 is 1.82 bits per heavy atom. The topological polar surface area (TPSA) is 16.8 Å². The van der Waals surface area contributed by atoms with Gasteiger partial charge in [-0.1, -0.05) is 12.1 Å². The van der Waals surface area contributed by atoms with Crippen molar-refractivity contribution in [3.8, 4) is 0 Å². The van der Waals surface area contributed by atoms with E-state index in [0.29, 0.717) is 0 Å². The van der Waals surface area contributed by atoms with E-state index < -0.39 is 0 Å². The molecule has 4 rings (SSSR count). The molecule has 2 aromatic heterocycles. The first kappa shape index (κ1) is 8.88. The number of hydrogen-bond acceptors (Lipinski definition) is 1. The summed E-state index contributed by atoms with van der Waals surface area (Å²) in [5.41, 5.74) is 0. The van der Waals surface area contributed by atoms with Gasteiger partial charge in [-0.3, -0.25) is 4.98 Å². The van der Waals surface area contributed by atoms with E-state index in [4.69, 9.17) is 0 Å². The Morgan fingerprint density at radius 1 is 0.765 bits per heavy atom. The van der Waals surface area contributed by atoms with E-state index in [1.165, 1.54) is 32.3 Å². The average Bonchev–Trinajstić information content (AvgIpc) is 2.35.